The zero-order chi connectivity index (χ0) is 28.6. The van der Waals surface area contributed by atoms with E-state index in [-0.39, 0.29) is 35.2 Å². The molecule has 1 aromatic heterocycles. The third-order valence-electron chi connectivity index (χ3n) is 8.19. The molecule has 2 aliphatic heterocycles. The third kappa shape index (κ3) is 6.22. The predicted octanol–water partition coefficient (Wildman–Crippen LogP) is 3.41. The van der Waals surface area contributed by atoms with E-state index in [0.717, 1.165) is 25.8 Å². The van der Waals surface area contributed by atoms with Gasteiger partial charge in [0.25, 0.3) is 0 Å². The van der Waals surface area contributed by atoms with Crippen LogP contribution >= 0.6 is 0 Å². The van der Waals surface area contributed by atoms with Gasteiger partial charge in [0.15, 0.2) is 15.7 Å². The van der Waals surface area contributed by atoms with Crippen LogP contribution in [0.4, 0.5) is 28.8 Å². The largest absolute Gasteiger partial charge is 0.343 e. The van der Waals surface area contributed by atoms with Crippen LogP contribution in [0.5, 0.6) is 0 Å². The molecule has 0 spiro atoms. The van der Waals surface area contributed by atoms with Gasteiger partial charge in [-0.1, -0.05) is 12.8 Å². The van der Waals surface area contributed by atoms with Crippen molar-refractivity contribution in [1.82, 2.24) is 14.9 Å². The summed E-state index contributed by atoms with van der Waals surface area (Å²) in [7, 11) is -1.86. The van der Waals surface area contributed by atoms with Crippen LogP contribution in [0.25, 0.3) is 0 Å². The zero-order valence-electron chi connectivity index (χ0n) is 23.7. The van der Waals surface area contributed by atoms with Crippen LogP contribution in [0.1, 0.15) is 52.4 Å². The van der Waals surface area contributed by atoms with Crippen LogP contribution in [-0.2, 0) is 19.4 Å². The minimum atomic E-state index is -3.55. The van der Waals surface area contributed by atoms with Crippen molar-refractivity contribution in [3.05, 3.63) is 24.4 Å². The first-order valence-corrected chi connectivity index (χ1v) is 15.9. The molecule has 1 aliphatic carbocycles. The summed E-state index contributed by atoms with van der Waals surface area (Å²) in [5.41, 5.74) is 1.43. The Hall–Kier alpha value is -3.25. The molecule has 2 N–H and O–H groups in total. The third-order valence-corrected chi connectivity index (χ3v) is 9.29. The highest BCUT2D eigenvalue weighted by Gasteiger charge is 2.32. The van der Waals surface area contributed by atoms with Gasteiger partial charge in [0, 0.05) is 49.7 Å². The van der Waals surface area contributed by atoms with Crippen molar-refractivity contribution in [3.63, 3.8) is 0 Å². The quantitative estimate of drug-likeness (QED) is 0.492. The Morgan fingerprint density at radius 1 is 1.12 bits per heavy atom. The van der Waals surface area contributed by atoms with Gasteiger partial charge >= 0.3 is 0 Å². The lowest BCUT2D eigenvalue weighted by molar-refractivity contribution is -0.118. The molecule has 0 radical (unpaired) electrons. The number of nitrogens with one attached hydrogen (secondary N) is 2. The Bertz CT molecular complexity index is 1390. The number of carbonyl (C=O) groups is 2. The molecule has 1 saturated carbocycles. The van der Waals surface area contributed by atoms with Gasteiger partial charge in [-0.15, -0.1) is 0 Å². The molecule has 11 nitrogen and oxygen atoms in total. The van der Waals surface area contributed by atoms with Crippen molar-refractivity contribution in [2.24, 2.45) is 5.92 Å². The number of carbonyl (C=O) groups excluding carboxylic acids is 2. The van der Waals surface area contributed by atoms with Gasteiger partial charge in [-0.25, -0.2) is 13.4 Å². The second-order valence-corrected chi connectivity index (χ2v) is 13.6. The molecule has 40 heavy (non-hydrogen) atoms. The molecular weight excluding hydrogens is 530 g/mol. The summed E-state index contributed by atoms with van der Waals surface area (Å²) in [6.07, 6.45) is 9.22. The second-order valence-electron chi connectivity index (χ2n) is 11.6. The molecule has 1 saturated heterocycles. The molecule has 3 heterocycles. The highest BCUT2D eigenvalue weighted by Crippen LogP contribution is 2.34. The Kier molecular flexibility index (Phi) is 8.01. The molecule has 0 bridgehead atoms. The van der Waals surface area contributed by atoms with Crippen LogP contribution in [0, 0.1) is 5.92 Å². The number of anilines is 5. The topological polar surface area (TPSA) is 128 Å². The fraction of sp³-hybridized carbons (Fsp3) is 0.571. The Balaban J connectivity index is 1.33. The number of rotatable bonds is 8. The molecule has 2 aromatic rings. The fourth-order valence-corrected chi connectivity index (χ4v) is 6.64. The van der Waals surface area contributed by atoms with Crippen molar-refractivity contribution in [2.75, 3.05) is 53.4 Å². The summed E-state index contributed by atoms with van der Waals surface area (Å²) in [4.78, 5) is 40.5. The molecule has 3 aliphatic rings. The molecule has 2 fully saturated rings. The highest BCUT2D eigenvalue weighted by atomic mass is 32.2. The number of aromatic nitrogens is 2. The van der Waals surface area contributed by atoms with Gasteiger partial charge in [-0.3, -0.25) is 9.59 Å². The van der Waals surface area contributed by atoms with E-state index >= 15 is 0 Å². The van der Waals surface area contributed by atoms with E-state index in [1.54, 1.807) is 19.3 Å². The minimum Gasteiger partial charge on any atom is -0.343 e. The lowest BCUT2D eigenvalue weighted by Crippen LogP contribution is -2.47. The molecule has 2 amide bonds. The molecule has 1 atom stereocenters. The first-order valence-electron chi connectivity index (χ1n) is 14.0. The van der Waals surface area contributed by atoms with Gasteiger partial charge in [-0.05, 0) is 63.8 Å². The van der Waals surface area contributed by atoms with Gasteiger partial charge in [0.05, 0.1) is 17.6 Å². The van der Waals surface area contributed by atoms with E-state index in [2.05, 4.69) is 25.5 Å². The normalized spacial score (nSPS) is 20.3. The van der Waals surface area contributed by atoms with Gasteiger partial charge in [0.2, 0.25) is 17.8 Å². The number of sulfone groups is 1. The van der Waals surface area contributed by atoms with Crippen molar-refractivity contribution in [1.29, 1.82) is 0 Å². The van der Waals surface area contributed by atoms with Crippen molar-refractivity contribution >= 4 is 50.5 Å². The number of likely N-dealkylation sites (N-methyl/N-ethyl adjacent to an activating group) is 1. The van der Waals surface area contributed by atoms with Crippen molar-refractivity contribution in [3.8, 4) is 0 Å². The molecular formula is C28H39N7O4S. The van der Waals surface area contributed by atoms with Crippen LogP contribution in [0.2, 0.25) is 0 Å². The molecule has 0 unspecified atom stereocenters. The van der Waals surface area contributed by atoms with Crippen molar-refractivity contribution < 1.29 is 18.0 Å². The fourth-order valence-electron chi connectivity index (χ4n) is 5.95. The van der Waals surface area contributed by atoms with Gasteiger partial charge < -0.3 is 25.3 Å². The summed E-state index contributed by atoms with van der Waals surface area (Å²) < 4.78 is 24.9. The van der Waals surface area contributed by atoms with Gasteiger partial charge in [-0.2, -0.15) is 4.98 Å². The van der Waals surface area contributed by atoms with E-state index in [1.807, 2.05) is 18.7 Å². The number of likely N-dealkylation sites (tertiary alicyclic amines) is 1. The second kappa shape index (κ2) is 11.3. The minimum absolute atomic E-state index is 0.0413. The summed E-state index contributed by atoms with van der Waals surface area (Å²) >= 11 is 0. The zero-order valence-corrected chi connectivity index (χ0v) is 24.5. The van der Waals surface area contributed by atoms with E-state index in [1.165, 1.54) is 42.7 Å². The first-order chi connectivity index (χ1) is 19.0. The van der Waals surface area contributed by atoms with Crippen molar-refractivity contribution in [2.45, 2.75) is 69.4 Å². The van der Waals surface area contributed by atoms with E-state index < -0.39 is 9.84 Å². The number of amides is 2. The van der Waals surface area contributed by atoms with E-state index in [4.69, 9.17) is 0 Å². The maximum atomic E-state index is 13.0. The standard InChI is InChI=1S/C28H39N7O4S/c1-18(2)35-17-26(37)33(3)24-15-29-28(32-27(24)35)31-21-12-20(13-23(14-21)40(4,38)39)30-25(36)11-19-9-10-34(16-19)22-7-5-6-8-22/h12-15,18-19,22H,5-11,16-17H2,1-4H3,(H,30,36)(H,29,31,32)/t19-/m1/s1. The smallest absolute Gasteiger partial charge is 0.246 e. The van der Waals surface area contributed by atoms with Crippen LogP contribution in [0.15, 0.2) is 29.3 Å². The lowest BCUT2D eigenvalue weighted by atomic mass is 10.0. The molecule has 216 valence electrons. The summed E-state index contributed by atoms with van der Waals surface area (Å²) in [6, 6.07) is 5.37. The van der Waals surface area contributed by atoms with E-state index in [9.17, 15) is 18.0 Å². The Morgan fingerprint density at radius 3 is 2.55 bits per heavy atom. The summed E-state index contributed by atoms with van der Waals surface area (Å²) in [5.74, 6) is 1.00. The Labute approximate surface area is 236 Å². The monoisotopic (exact) mass is 569 g/mol. The number of hydrogen-bond donors (Lipinski definition) is 2. The number of nitrogens with zero attached hydrogens (tertiary/aromatic N) is 5. The Morgan fingerprint density at radius 2 is 1.85 bits per heavy atom. The van der Waals surface area contributed by atoms with Crippen LogP contribution in [0.3, 0.4) is 0 Å². The van der Waals surface area contributed by atoms with Crippen LogP contribution in [-0.4, -0.2) is 80.1 Å². The first kappa shape index (κ1) is 28.3. The molecule has 12 heteroatoms. The number of benzene rings is 1. The highest BCUT2D eigenvalue weighted by molar-refractivity contribution is 7.90. The van der Waals surface area contributed by atoms with Gasteiger partial charge in [0.1, 0.15) is 5.69 Å². The summed E-state index contributed by atoms with van der Waals surface area (Å²) in [6.45, 7) is 6.16. The molecule has 5 rings (SSSR count). The molecule has 1 aromatic carbocycles. The average molecular weight is 570 g/mol. The predicted molar refractivity (Wildman–Crippen MR) is 156 cm³/mol. The maximum Gasteiger partial charge on any atom is 0.246 e. The SMILES string of the molecule is CC(C)N1CC(=O)N(C)c2cnc(Nc3cc(NC(=O)C[C@H]4CCN(C5CCCC5)C4)cc(S(C)(=O)=O)c3)nc21. The van der Waals surface area contributed by atoms with E-state index in [0.29, 0.717) is 41.3 Å². The van der Waals surface area contributed by atoms with Crippen LogP contribution < -0.4 is 20.4 Å². The maximum absolute atomic E-state index is 13.0. The summed E-state index contributed by atoms with van der Waals surface area (Å²) in [5, 5.41) is 6.02. The lowest BCUT2D eigenvalue weighted by Gasteiger charge is -2.36. The number of hydrogen-bond acceptors (Lipinski definition) is 9. The average Bonchev–Trinajstić information content (AvgIpc) is 3.58. The number of fused-ring (bicyclic) bond motifs is 1.